The van der Waals surface area contributed by atoms with E-state index in [0.29, 0.717) is 0 Å². The molecule has 1 rings (SSSR count). The molecule has 0 spiro atoms. The summed E-state index contributed by atoms with van der Waals surface area (Å²) in [6.45, 7) is 0. The summed E-state index contributed by atoms with van der Waals surface area (Å²) >= 11 is 5.39. The molecule has 5 heteroatoms. The number of carboxylic acid groups (broad SMARTS) is 1. The lowest BCUT2D eigenvalue weighted by molar-refractivity contribution is -0.135. The van der Waals surface area contributed by atoms with E-state index in [1.54, 1.807) is 0 Å². The van der Waals surface area contributed by atoms with Crippen molar-refractivity contribution in [1.29, 1.82) is 0 Å². The van der Waals surface area contributed by atoms with Crippen LogP contribution in [0.1, 0.15) is 16.8 Å². The number of ketones is 1. The Hall–Kier alpha value is -1.42. The number of hydrogen-bond acceptors (Lipinski definition) is 2. The Balaban J connectivity index is 2.91. The molecule has 74 valence electrons. The van der Waals surface area contributed by atoms with E-state index in [9.17, 15) is 14.0 Å². The first-order valence-corrected chi connectivity index (χ1v) is 4.08. The number of benzene rings is 1. The third-order valence-electron chi connectivity index (χ3n) is 1.55. The zero-order valence-electron chi connectivity index (χ0n) is 6.96. The van der Waals surface area contributed by atoms with Gasteiger partial charge in [0.15, 0.2) is 5.78 Å². The second kappa shape index (κ2) is 4.19. The first-order valence-electron chi connectivity index (χ1n) is 3.70. The summed E-state index contributed by atoms with van der Waals surface area (Å²) in [6.07, 6.45) is -0.652. The zero-order valence-corrected chi connectivity index (χ0v) is 7.71. The summed E-state index contributed by atoms with van der Waals surface area (Å²) in [7, 11) is 0. The summed E-state index contributed by atoms with van der Waals surface area (Å²) < 4.78 is 12.8. The highest BCUT2D eigenvalue weighted by atomic mass is 35.5. The van der Waals surface area contributed by atoms with Crippen molar-refractivity contribution < 1.29 is 19.1 Å². The molecule has 1 aromatic rings. The molecule has 0 bridgehead atoms. The van der Waals surface area contributed by atoms with Crippen LogP contribution in [0.5, 0.6) is 0 Å². The van der Waals surface area contributed by atoms with Gasteiger partial charge in [0, 0.05) is 5.56 Å². The van der Waals surface area contributed by atoms with Crippen molar-refractivity contribution in [2.24, 2.45) is 0 Å². The third kappa shape index (κ3) is 2.53. The lowest BCUT2D eigenvalue weighted by atomic mass is 10.1. The van der Waals surface area contributed by atoms with Crippen LogP contribution in [-0.4, -0.2) is 16.9 Å². The summed E-state index contributed by atoms with van der Waals surface area (Å²) in [4.78, 5) is 21.3. The van der Waals surface area contributed by atoms with Crippen LogP contribution in [0.2, 0.25) is 5.02 Å². The van der Waals surface area contributed by atoms with Crippen molar-refractivity contribution in [3.63, 3.8) is 0 Å². The molecule has 0 atom stereocenters. The van der Waals surface area contributed by atoms with Gasteiger partial charge >= 0.3 is 5.97 Å². The summed E-state index contributed by atoms with van der Waals surface area (Å²) in [5, 5.41) is 8.23. The normalized spacial score (nSPS) is 9.86. The highest BCUT2D eigenvalue weighted by Crippen LogP contribution is 2.16. The van der Waals surface area contributed by atoms with E-state index >= 15 is 0 Å². The molecular weight excluding hydrogens is 211 g/mol. The predicted octanol–water partition coefficient (Wildman–Crippen LogP) is 2.14. The Labute approximate surface area is 84.1 Å². The molecule has 0 fully saturated rings. The summed E-state index contributed by atoms with van der Waals surface area (Å²) in [5.41, 5.74) is 0.00861. The van der Waals surface area contributed by atoms with Crippen molar-refractivity contribution in [3.8, 4) is 0 Å². The van der Waals surface area contributed by atoms with Gasteiger partial charge in [0.2, 0.25) is 0 Å². The van der Waals surface area contributed by atoms with E-state index in [4.69, 9.17) is 16.7 Å². The maximum absolute atomic E-state index is 12.8. The van der Waals surface area contributed by atoms with E-state index in [0.717, 1.165) is 6.07 Å². The van der Waals surface area contributed by atoms with Crippen LogP contribution in [-0.2, 0) is 4.79 Å². The zero-order chi connectivity index (χ0) is 10.7. The lowest BCUT2D eigenvalue weighted by Crippen LogP contribution is -2.07. The average Bonchev–Trinajstić information content (AvgIpc) is 2.08. The molecule has 0 saturated heterocycles. The number of Topliss-reactive ketones (excluding diaryl/α,β-unsaturated/α-hetero) is 1. The number of carbonyl (C=O) groups is 2. The van der Waals surface area contributed by atoms with Crippen LogP contribution in [0.3, 0.4) is 0 Å². The van der Waals surface area contributed by atoms with Gasteiger partial charge in [-0.2, -0.15) is 0 Å². The van der Waals surface area contributed by atoms with Crippen LogP contribution in [0.4, 0.5) is 4.39 Å². The molecule has 0 saturated carbocycles. The second-order valence-electron chi connectivity index (χ2n) is 2.62. The standard InChI is InChI=1S/C9H6ClFO3/c10-6-2-1-5(3-7(6)11)8(12)4-9(13)14/h1-3H,4H2,(H,13,14). The minimum atomic E-state index is -1.25. The van der Waals surface area contributed by atoms with Crippen molar-refractivity contribution in [1.82, 2.24) is 0 Å². The molecule has 0 aromatic heterocycles. The van der Waals surface area contributed by atoms with E-state index in [-0.39, 0.29) is 10.6 Å². The fourth-order valence-corrected chi connectivity index (χ4v) is 1.03. The Kier molecular flexibility index (Phi) is 3.19. The molecule has 3 nitrogen and oxygen atoms in total. The fraction of sp³-hybridized carbons (Fsp3) is 0.111. The first-order chi connectivity index (χ1) is 6.50. The number of carboxylic acids is 1. The number of aliphatic carboxylic acids is 1. The average molecular weight is 217 g/mol. The van der Waals surface area contributed by atoms with Crippen molar-refractivity contribution in [2.75, 3.05) is 0 Å². The Morgan fingerprint density at radius 2 is 2.07 bits per heavy atom. The van der Waals surface area contributed by atoms with Crippen LogP contribution in [0.15, 0.2) is 18.2 Å². The van der Waals surface area contributed by atoms with Gasteiger partial charge in [-0.25, -0.2) is 4.39 Å². The molecule has 0 aliphatic heterocycles. The van der Waals surface area contributed by atoms with Crippen molar-refractivity contribution >= 4 is 23.4 Å². The highest BCUT2D eigenvalue weighted by molar-refractivity contribution is 6.30. The van der Waals surface area contributed by atoms with E-state index in [2.05, 4.69) is 0 Å². The van der Waals surface area contributed by atoms with Crippen LogP contribution in [0.25, 0.3) is 0 Å². The first kappa shape index (κ1) is 10.7. The molecule has 0 aliphatic rings. The highest BCUT2D eigenvalue weighted by Gasteiger charge is 2.12. The molecule has 0 heterocycles. The van der Waals surface area contributed by atoms with E-state index in [1.807, 2.05) is 0 Å². The van der Waals surface area contributed by atoms with E-state index in [1.165, 1.54) is 12.1 Å². The van der Waals surface area contributed by atoms with Gasteiger partial charge in [-0.15, -0.1) is 0 Å². The predicted molar refractivity (Wildman–Crippen MR) is 48.0 cm³/mol. The van der Waals surface area contributed by atoms with E-state index < -0.39 is 24.0 Å². The number of hydrogen-bond donors (Lipinski definition) is 1. The summed E-state index contributed by atoms with van der Waals surface area (Å²) in [5.74, 6) is -2.62. The second-order valence-corrected chi connectivity index (χ2v) is 3.03. The van der Waals surface area contributed by atoms with Crippen molar-refractivity contribution in [3.05, 3.63) is 34.6 Å². The van der Waals surface area contributed by atoms with Gasteiger partial charge in [-0.3, -0.25) is 9.59 Å². The maximum Gasteiger partial charge on any atom is 0.311 e. The van der Waals surface area contributed by atoms with Gasteiger partial charge < -0.3 is 5.11 Å². The Bertz CT molecular complexity index is 390. The molecule has 0 radical (unpaired) electrons. The largest absolute Gasteiger partial charge is 0.481 e. The molecule has 0 amide bonds. The quantitative estimate of drug-likeness (QED) is 0.622. The minimum Gasteiger partial charge on any atom is -0.481 e. The number of carbonyl (C=O) groups excluding carboxylic acids is 1. The number of halogens is 2. The monoisotopic (exact) mass is 216 g/mol. The van der Waals surface area contributed by atoms with Crippen LogP contribution < -0.4 is 0 Å². The van der Waals surface area contributed by atoms with Gasteiger partial charge in [0.1, 0.15) is 12.2 Å². The van der Waals surface area contributed by atoms with Crippen LogP contribution in [0, 0.1) is 5.82 Å². The molecule has 0 unspecified atom stereocenters. The topological polar surface area (TPSA) is 54.4 Å². The molecule has 1 N–H and O–H groups in total. The van der Waals surface area contributed by atoms with Crippen molar-refractivity contribution in [2.45, 2.75) is 6.42 Å². The number of rotatable bonds is 3. The molecule has 14 heavy (non-hydrogen) atoms. The minimum absolute atomic E-state index is 0.00861. The summed E-state index contributed by atoms with van der Waals surface area (Å²) in [6, 6.07) is 3.43. The van der Waals surface area contributed by atoms with Gasteiger partial charge in [0.05, 0.1) is 5.02 Å². The lowest BCUT2D eigenvalue weighted by Gasteiger charge is -1.99. The van der Waals surface area contributed by atoms with Gasteiger partial charge in [0.25, 0.3) is 0 Å². The Morgan fingerprint density at radius 1 is 1.43 bits per heavy atom. The molecule has 0 aliphatic carbocycles. The smallest absolute Gasteiger partial charge is 0.311 e. The van der Waals surface area contributed by atoms with Gasteiger partial charge in [-0.05, 0) is 18.2 Å². The van der Waals surface area contributed by atoms with Gasteiger partial charge in [-0.1, -0.05) is 11.6 Å². The fourth-order valence-electron chi connectivity index (χ4n) is 0.909. The maximum atomic E-state index is 12.8. The molecular formula is C9H6ClFO3. The Morgan fingerprint density at radius 3 is 2.57 bits per heavy atom. The third-order valence-corrected chi connectivity index (χ3v) is 1.86. The van der Waals surface area contributed by atoms with Crippen LogP contribution >= 0.6 is 11.6 Å². The molecule has 1 aromatic carbocycles. The SMILES string of the molecule is O=C(O)CC(=O)c1ccc(Cl)c(F)c1.